The molecule has 0 fully saturated rings. The Labute approximate surface area is 101 Å². The smallest absolute Gasteiger partial charge is 0.338 e. The third kappa shape index (κ3) is 2.75. The minimum absolute atomic E-state index is 0.382. The summed E-state index contributed by atoms with van der Waals surface area (Å²) in [7, 11) is 2.92. The van der Waals surface area contributed by atoms with Crippen molar-refractivity contribution in [3.8, 4) is 0 Å². The van der Waals surface area contributed by atoms with Crippen LogP contribution < -0.4 is 0 Å². The molecule has 0 atom stereocenters. The van der Waals surface area contributed by atoms with Gasteiger partial charge in [0, 0.05) is 5.56 Å². The number of ether oxygens (including phenoxy) is 2. The van der Waals surface area contributed by atoms with Gasteiger partial charge in [-0.2, -0.15) is 0 Å². The van der Waals surface area contributed by atoms with E-state index in [0.717, 1.165) is 5.56 Å². The zero-order valence-electron chi connectivity index (χ0n) is 10.3. The van der Waals surface area contributed by atoms with E-state index in [-0.39, 0.29) is 5.97 Å². The Bertz CT molecular complexity index is 459. The van der Waals surface area contributed by atoms with E-state index < -0.39 is 0 Å². The molecule has 0 N–H and O–H groups in total. The molecular weight excluding hydrogens is 216 g/mol. The lowest BCUT2D eigenvalue weighted by molar-refractivity contribution is 0.0600. The number of benzene rings is 1. The summed E-state index contributed by atoms with van der Waals surface area (Å²) in [6.45, 7) is 5.55. The van der Waals surface area contributed by atoms with Gasteiger partial charge in [0.15, 0.2) is 0 Å². The van der Waals surface area contributed by atoms with Crippen molar-refractivity contribution in [3.05, 3.63) is 47.5 Å². The van der Waals surface area contributed by atoms with Crippen molar-refractivity contribution in [3.63, 3.8) is 0 Å². The van der Waals surface area contributed by atoms with Crippen LogP contribution in [0.4, 0.5) is 0 Å². The molecular formula is C14H16O3. The number of allylic oxidation sites excluding steroid dienone is 1. The van der Waals surface area contributed by atoms with Crippen LogP contribution in [-0.2, 0) is 9.47 Å². The number of hydrogen-bond donors (Lipinski definition) is 0. The molecule has 0 heterocycles. The molecule has 3 nitrogen and oxygen atoms in total. The van der Waals surface area contributed by atoms with E-state index in [2.05, 4.69) is 6.58 Å². The van der Waals surface area contributed by atoms with Crippen LogP contribution in [-0.4, -0.2) is 20.2 Å². The van der Waals surface area contributed by atoms with Crippen molar-refractivity contribution in [1.29, 1.82) is 0 Å². The Morgan fingerprint density at radius 1 is 1.24 bits per heavy atom. The molecule has 0 saturated carbocycles. The molecule has 0 aliphatic heterocycles. The van der Waals surface area contributed by atoms with E-state index in [1.807, 2.05) is 19.1 Å². The third-order valence-electron chi connectivity index (χ3n) is 2.43. The second-order valence-electron chi connectivity index (χ2n) is 3.36. The summed E-state index contributed by atoms with van der Waals surface area (Å²) in [5, 5.41) is 0. The summed E-state index contributed by atoms with van der Waals surface area (Å²) in [5.41, 5.74) is 2.11. The van der Waals surface area contributed by atoms with Crippen molar-refractivity contribution in [1.82, 2.24) is 0 Å². The summed E-state index contributed by atoms with van der Waals surface area (Å²) < 4.78 is 9.98. The van der Waals surface area contributed by atoms with Gasteiger partial charge in [-0.3, -0.25) is 0 Å². The van der Waals surface area contributed by atoms with Crippen LogP contribution in [0.5, 0.6) is 0 Å². The molecule has 1 rings (SSSR count). The van der Waals surface area contributed by atoms with Crippen LogP contribution >= 0.6 is 0 Å². The van der Waals surface area contributed by atoms with Gasteiger partial charge in [0.25, 0.3) is 0 Å². The van der Waals surface area contributed by atoms with E-state index in [1.54, 1.807) is 25.3 Å². The van der Waals surface area contributed by atoms with Crippen LogP contribution in [0.3, 0.4) is 0 Å². The van der Waals surface area contributed by atoms with E-state index in [4.69, 9.17) is 9.47 Å². The number of carbonyl (C=O) groups excluding carboxylic acids is 1. The van der Waals surface area contributed by atoms with Crippen molar-refractivity contribution in [2.75, 3.05) is 14.2 Å². The Morgan fingerprint density at radius 2 is 1.94 bits per heavy atom. The highest BCUT2D eigenvalue weighted by atomic mass is 16.5. The minimum Gasteiger partial charge on any atom is -0.496 e. The molecule has 0 spiro atoms. The first-order chi connectivity index (χ1) is 8.17. The molecule has 0 saturated heterocycles. The standard InChI is InChI=1S/C14H16O3/c1-5-10-7-8-11(14(15)17-4)12(9-10)13(6-2)16-3/h5-9H,1H2,2-4H3/b13-6-. The first-order valence-corrected chi connectivity index (χ1v) is 5.23. The fraction of sp³-hybridized carbons (Fsp3) is 0.214. The molecule has 0 aromatic heterocycles. The van der Waals surface area contributed by atoms with E-state index in [9.17, 15) is 4.79 Å². The Morgan fingerprint density at radius 3 is 2.41 bits per heavy atom. The Kier molecular flexibility index (Phi) is 4.52. The largest absolute Gasteiger partial charge is 0.496 e. The van der Waals surface area contributed by atoms with Gasteiger partial charge in [0.05, 0.1) is 19.8 Å². The van der Waals surface area contributed by atoms with Gasteiger partial charge < -0.3 is 9.47 Å². The number of methoxy groups -OCH3 is 2. The fourth-order valence-electron chi connectivity index (χ4n) is 1.56. The molecule has 0 aliphatic carbocycles. The summed E-state index contributed by atoms with van der Waals surface area (Å²) in [5.74, 6) is 0.251. The van der Waals surface area contributed by atoms with Crippen LogP contribution in [0.25, 0.3) is 11.8 Å². The quantitative estimate of drug-likeness (QED) is 0.591. The lowest BCUT2D eigenvalue weighted by Crippen LogP contribution is -2.06. The molecule has 0 aliphatic rings. The first-order valence-electron chi connectivity index (χ1n) is 5.23. The maximum atomic E-state index is 11.6. The second kappa shape index (κ2) is 5.89. The zero-order valence-corrected chi connectivity index (χ0v) is 10.3. The highest BCUT2D eigenvalue weighted by molar-refractivity contribution is 5.95. The van der Waals surface area contributed by atoms with Gasteiger partial charge in [-0.05, 0) is 30.7 Å². The molecule has 3 heteroatoms. The Hall–Kier alpha value is -2.03. The lowest BCUT2D eigenvalue weighted by atomic mass is 10.0. The maximum Gasteiger partial charge on any atom is 0.338 e. The molecule has 0 unspecified atom stereocenters. The number of rotatable bonds is 4. The molecule has 0 bridgehead atoms. The van der Waals surface area contributed by atoms with Gasteiger partial charge >= 0.3 is 5.97 Å². The number of esters is 1. The molecule has 0 amide bonds. The molecule has 17 heavy (non-hydrogen) atoms. The van der Waals surface area contributed by atoms with Crippen molar-refractivity contribution >= 4 is 17.8 Å². The average molecular weight is 232 g/mol. The summed E-state index contributed by atoms with van der Waals surface area (Å²) >= 11 is 0. The number of hydrogen-bond acceptors (Lipinski definition) is 3. The summed E-state index contributed by atoms with van der Waals surface area (Å²) in [6.07, 6.45) is 3.52. The van der Waals surface area contributed by atoms with Gasteiger partial charge in [0.2, 0.25) is 0 Å². The van der Waals surface area contributed by atoms with Crippen molar-refractivity contribution in [2.24, 2.45) is 0 Å². The highest BCUT2D eigenvalue weighted by Crippen LogP contribution is 2.22. The van der Waals surface area contributed by atoms with Gasteiger partial charge in [-0.15, -0.1) is 0 Å². The van der Waals surface area contributed by atoms with Crippen LogP contribution in [0.2, 0.25) is 0 Å². The van der Waals surface area contributed by atoms with Crippen LogP contribution in [0.15, 0.2) is 30.9 Å². The monoisotopic (exact) mass is 232 g/mol. The summed E-state index contributed by atoms with van der Waals surface area (Å²) in [6, 6.07) is 5.37. The predicted molar refractivity (Wildman–Crippen MR) is 68.5 cm³/mol. The Balaban J connectivity index is 3.40. The van der Waals surface area contributed by atoms with E-state index in [1.165, 1.54) is 7.11 Å². The van der Waals surface area contributed by atoms with Crippen LogP contribution in [0.1, 0.15) is 28.4 Å². The summed E-state index contributed by atoms with van der Waals surface area (Å²) in [4.78, 5) is 11.6. The van der Waals surface area contributed by atoms with Gasteiger partial charge in [0.1, 0.15) is 5.76 Å². The average Bonchev–Trinajstić information content (AvgIpc) is 2.39. The first kappa shape index (κ1) is 13.0. The van der Waals surface area contributed by atoms with Gasteiger partial charge in [-0.25, -0.2) is 4.79 Å². The molecule has 90 valence electrons. The van der Waals surface area contributed by atoms with E-state index >= 15 is 0 Å². The maximum absolute atomic E-state index is 11.6. The van der Waals surface area contributed by atoms with Crippen LogP contribution in [0, 0.1) is 0 Å². The molecule has 1 aromatic carbocycles. The molecule has 0 radical (unpaired) electrons. The minimum atomic E-state index is -0.382. The van der Waals surface area contributed by atoms with Crippen molar-refractivity contribution < 1.29 is 14.3 Å². The fourth-order valence-corrected chi connectivity index (χ4v) is 1.56. The third-order valence-corrected chi connectivity index (χ3v) is 2.43. The SMILES string of the molecule is C=Cc1ccc(C(=O)OC)c(/C(=C/C)OC)c1. The lowest BCUT2D eigenvalue weighted by Gasteiger charge is -2.11. The topological polar surface area (TPSA) is 35.5 Å². The van der Waals surface area contributed by atoms with E-state index in [0.29, 0.717) is 16.9 Å². The number of carbonyl (C=O) groups is 1. The second-order valence-corrected chi connectivity index (χ2v) is 3.36. The normalized spacial score (nSPS) is 10.9. The van der Waals surface area contributed by atoms with Crippen molar-refractivity contribution in [2.45, 2.75) is 6.92 Å². The molecule has 1 aromatic rings. The highest BCUT2D eigenvalue weighted by Gasteiger charge is 2.15. The predicted octanol–water partition coefficient (Wildman–Crippen LogP) is 3.12. The zero-order chi connectivity index (χ0) is 12.8. The van der Waals surface area contributed by atoms with Gasteiger partial charge in [-0.1, -0.05) is 18.7 Å².